The van der Waals surface area contributed by atoms with Crippen LogP contribution in [0.1, 0.15) is 43.8 Å². The van der Waals surface area contributed by atoms with Crippen LogP contribution in [0, 0.1) is 6.92 Å². The van der Waals surface area contributed by atoms with E-state index in [0.29, 0.717) is 6.04 Å². The summed E-state index contributed by atoms with van der Waals surface area (Å²) in [4.78, 5) is 4.71. The first kappa shape index (κ1) is 16.5. The zero-order valence-corrected chi connectivity index (χ0v) is 14.3. The van der Waals surface area contributed by atoms with E-state index in [9.17, 15) is 0 Å². The van der Waals surface area contributed by atoms with Gasteiger partial charge in [0, 0.05) is 30.7 Å². The maximum Gasteiger partial charge on any atom is 0.118 e. The number of likely N-dealkylation sites (N-methyl/N-ethyl adjacent to an activating group) is 2. The highest BCUT2D eigenvalue weighted by molar-refractivity contribution is 5.21. The van der Waals surface area contributed by atoms with Crippen molar-refractivity contribution >= 4 is 0 Å². The van der Waals surface area contributed by atoms with Crippen molar-refractivity contribution in [1.82, 2.24) is 15.1 Å². The standard InChI is InChI=1S/C17H31N3O/c1-6-20(13(2)11-19(4)5)12-17-9-15(14(3)21-17)10-18-16-7-8-16/h9,13,16,18H,6-8,10-12H2,1-5H3. The average molecular weight is 293 g/mol. The molecule has 0 spiro atoms. The number of hydrogen-bond acceptors (Lipinski definition) is 4. The number of nitrogens with one attached hydrogen (secondary N) is 1. The van der Waals surface area contributed by atoms with E-state index in [0.717, 1.165) is 43.7 Å². The van der Waals surface area contributed by atoms with E-state index in [1.165, 1.54) is 18.4 Å². The lowest BCUT2D eigenvalue weighted by atomic mass is 10.2. The lowest BCUT2D eigenvalue weighted by molar-refractivity contribution is 0.162. The van der Waals surface area contributed by atoms with Gasteiger partial charge in [0.1, 0.15) is 11.5 Å². The minimum Gasteiger partial charge on any atom is -0.465 e. The molecular weight excluding hydrogens is 262 g/mol. The Bertz CT molecular complexity index is 437. The molecule has 0 amide bonds. The first-order valence-corrected chi connectivity index (χ1v) is 8.20. The Balaban J connectivity index is 1.91. The summed E-state index contributed by atoms with van der Waals surface area (Å²) in [6.07, 6.45) is 2.66. The van der Waals surface area contributed by atoms with Crippen LogP contribution in [0.25, 0.3) is 0 Å². The van der Waals surface area contributed by atoms with Gasteiger partial charge in [0.2, 0.25) is 0 Å². The molecule has 4 heteroatoms. The molecule has 4 nitrogen and oxygen atoms in total. The third-order valence-corrected chi connectivity index (χ3v) is 4.25. The second-order valence-corrected chi connectivity index (χ2v) is 6.62. The van der Waals surface area contributed by atoms with Crippen molar-refractivity contribution in [3.05, 3.63) is 23.2 Å². The number of aryl methyl sites for hydroxylation is 1. The van der Waals surface area contributed by atoms with Crippen LogP contribution < -0.4 is 5.32 Å². The van der Waals surface area contributed by atoms with E-state index in [4.69, 9.17) is 4.42 Å². The topological polar surface area (TPSA) is 31.6 Å². The SMILES string of the molecule is CCN(Cc1cc(CNC2CC2)c(C)o1)C(C)CN(C)C. The summed E-state index contributed by atoms with van der Waals surface area (Å²) >= 11 is 0. The smallest absolute Gasteiger partial charge is 0.118 e. The molecule has 21 heavy (non-hydrogen) atoms. The van der Waals surface area contributed by atoms with Gasteiger partial charge < -0.3 is 14.6 Å². The molecule has 0 aliphatic heterocycles. The monoisotopic (exact) mass is 293 g/mol. The molecule has 1 aliphatic carbocycles. The summed E-state index contributed by atoms with van der Waals surface area (Å²) in [5.74, 6) is 2.15. The molecule has 0 radical (unpaired) electrons. The molecule has 1 aromatic rings. The normalized spacial score (nSPS) is 16.9. The van der Waals surface area contributed by atoms with Crippen LogP contribution in [0.5, 0.6) is 0 Å². The van der Waals surface area contributed by atoms with Crippen molar-refractivity contribution in [2.24, 2.45) is 0 Å². The summed E-state index contributed by atoms with van der Waals surface area (Å²) in [7, 11) is 4.26. The lowest BCUT2D eigenvalue weighted by Gasteiger charge is -2.29. The molecule has 120 valence electrons. The first-order valence-electron chi connectivity index (χ1n) is 8.20. The maximum atomic E-state index is 5.96. The number of furan rings is 1. The predicted molar refractivity (Wildman–Crippen MR) is 87.4 cm³/mol. The molecule has 0 bridgehead atoms. The van der Waals surface area contributed by atoms with Crippen molar-refractivity contribution in [1.29, 1.82) is 0 Å². The quantitative estimate of drug-likeness (QED) is 0.758. The fourth-order valence-electron chi connectivity index (χ4n) is 2.81. The Morgan fingerprint density at radius 3 is 2.67 bits per heavy atom. The molecule has 1 atom stereocenters. The second-order valence-electron chi connectivity index (χ2n) is 6.62. The zero-order chi connectivity index (χ0) is 15.4. The largest absolute Gasteiger partial charge is 0.465 e. The summed E-state index contributed by atoms with van der Waals surface area (Å²) in [5, 5.41) is 3.56. The van der Waals surface area contributed by atoms with Gasteiger partial charge in [-0.25, -0.2) is 0 Å². The lowest BCUT2D eigenvalue weighted by Crippen LogP contribution is -2.39. The Labute approximate surface area is 129 Å². The summed E-state index contributed by atoms with van der Waals surface area (Å²) in [5.41, 5.74) is 1.31. The van der Waals surface area contributed by atoms with Gasteiger partial charge >= 0.3 is 0 Å². The fourth-order valence-corrected chi connectivity index (χ4v) is 2.81. The van der Waals surface area contributed by atoms with Crippen LogP contribution in [0.4, 0.5) is 0 Å². The third kappa shape index (κ3) is 5.13. The number of rotatable bonds is 9. The van der Waals surface area contributed by atoms with Gasteiger partial charge in [-0.05, 0) is 53.4 Å². The van der Waals surface area contributed by atoms with Crippen LogP contribution in [0.2, 0.25) is 0 Å². The van der Waals surface area contributed by atoms with Gasteiger partial charge in [0.15, 0.2) is 0 Å². The molecule has 0 saturated heterocycles. The Morgan fingerprint density at radius 1 is 1.38 bits per heavy atom. The first-order chi connectivity index (χ1) is 9.99. The zero-order valence-electron chi connectivity index (χ0n) is 14.3. The van der Waals surface area contributed by atoms with Gasteiger partial charge in [0.25, 0.3) is 0 Å². The van der Waals surface area contributed by atoms with E-state index < -0.39 is 0 Å². The van der Waals surface area contributed by atoms with E-state index in [1.54, 1.807) is 0 Å². The molecule has 1 aliphatic rings. The van der Waals surface area contributed by atoms with Crippen LogP contribution in [0.3, 0.4) is 0 Å². The van der Waals surface area contributed by atoms with E-state index >= 15 is 0 Å². The highest BCUT2D eigenvalue weighted by Crippen LogP contribution is 2.22. The Morgan fingerprint density at radius 2 is 2.10 bits per heavy atom. The molecule has 1 N–H and O–H groups in total. The summed E-state index contributed by atoms with van der Waals surface area (Å²) in [6, 6.07) is 3.51. The Kier molecular flexibility index (Phi) is 5.85. The van der Waals surface area contributed by atoms with Gasteiger partial charge in [-0.2, -0.15) is 0 Å². The minimum atomic E-state index is 0.531. The van der Waals surface area contributed by atoms with Gasteiger partial charge in [-0.15, -0.1) is 0 Å². The van der Waals surface area contributed by atoms with Gasteiger partial charge in [-0.1, -0.05) is 6.92 Å². The van der Waals surface area contributed by atoms with Crippen LogP contribution >= 0.6 is 0 Å². The minimum absolute atomic E-state index is 0.531. The molecular formula is C17H31N3O. The highest BCUT2D eigenvalue weighted by Gasteiger charge is 2.21. The van der Waals surface area contributed by atoms with Crippen molar-refractivity contribution in [2.75, 3.05) is 27.2 Å². The molecule has 1 aromatic heterocycles. The van der Waals surface area contributed by atoms with Gasteiger partial charge in [-0.3, -0.25) is 4.90 Å². The van der Waals surface area contributed by atoms with E-state index in [2.05, 4.69) is 56.0 Å². The van der Waals surface area contributed by atoms with Crippen LogP contribution in [-0.2, 0) is 13.1 Å². The highest BCUT2D eigenvalue weighted by atomic mass is 16.3. The summed E-state index contributed by atoms with van der Waals surface area (Å²) < 4.78 is 5.96. The Hall–Kier alpha value is -0.840. The van der Waals surface area contributed by atoms with Crippen LogP contribution in [-0.4, -0.2) is 49.1 Å². The second kappa shape index (κ2) is 7.43. The average Bonchev–Trinajstić information content (AvgIpc) is 3.17. The fraction of sp³-hybridized carbons (Fsp3) is 0.765. The van der Waals surface area contributed by atoms with Crippen molar-refractivity contribution < 1.29 is 4.42 Å². The van der Waals surface area contributed by atoms with Crippen molar-refractivity contribution in [3.63, 3.8) is 0 Å². The molecule has 2 rings (SSSR count). The molecule has 0 aromatic carbocycles. The van der Waals surface area contributed by atoms with Crippen LogP contribution in [0.15, 0.2) is 10.5 Å². The molecule has 1 unspecified atom stereocenters. The maximum absolute atomic E-state index is 5.96. The number of nitrogens with zero attached hydrogens (tertiary/aromatic N) is 2. The van der Waals surface area contributed by atoms with Gasteiger partial charge in [0.05, 0.1) is 6.54 Å². The predicted octanol–water partition coefficient (Wildman–Crippen LogP) is 2.61. The van der Waals surface area contributed by atoms with Crippen molar-refractivity contribution in [2.45, 2.75) is 58.8 Å². The molecule has 1 heterocycles. The summed E-state index contributed by atoms with van der Waals surface area (Å²) in [6.45, 7) is 10.5. The number of hydrogen-bond donors (Lipinski definition) is 1. The molecule has 1 saturated carbocycles. The third-order valence-electron chi connectivity index (χ3n) is 4.25. The van der Waals surface area contributed by atoms with Crippen molar-refractivity contribution in [3.8, 4) is 0 Å². The molecule has 1 fully saturated rings. The van der Waals surface area contributed by atoms with E-state index in [-0.39, 0.29) is 0 Å². The van der Waals surface area contributed by atoms with E-state index in [1.807, 2.05) is 0 Å².